The largest absolute Gasteiger partial charge is 0.381 e. The van der Waals surface area contributed by atoms with Crippen LogP contribution in [-0.2, 0) is 4.74 Å². The summed E-state index contributed by atoms with van der Waals surface area (Å²) >= 11 is 0. The first-order valence-corrected chi connectivity index (χ1v) is 8.86. The van der Waals surface area contributed by atoms with Crippen molar-refractivity contribution in [1.29, 1.82) is 0 Å². The van der Waals surface area contributed by atoms with E-state index in [-0.39, 0.29) is 24.0 Å². The third-order valence-electron chi connectivity index (χ3n) is 4.78. The van der Waals surface area contributed by atoms with Gasteiger partial charge in [-0.2, -0.15) is 0 Å². The molecule has 2 aliphatic rings. The molecular weight excluding hydrogens is 389 g/mol. The molecule has 2 rings (SSSR count). The molecule has 5 heteroatoms. The number of nitrogens with one attached hydrogen (secondary N) is 1. The fourth-order valence-electron chi connectivity index (χ4n) is 3.50. The molecule has 0 aromatic heterocycles. The smallest absolute Gasteiger partial charge is 0.193 e. The van der Waals surface area contributed by atoms with Crippen LogP contribution in [0.5, 0.6) is 0 Å². The van der Waals surface area contributed by atoms with Crippen molar-refractivity contribution in [2.75, 3.05) is 39.9 Å². The first kappa shape index (κ1) is 20.0. The molecule has 1 atom stereocenters. The maximum Gasteiger partial charge on any atom is 0.193 e. The van der Waals surface area contributed by atoms with E-state index in [9.17, 15) is 0 Å². The van der Waals surface area contributed by atoms with Crippen molar-refractivity contribution in [2.24, 2.45) is 16.8 Å². The highest BCUT2D eigenvalue weighted by Gasteiger charge is 2.19. The van der Waals surface area contributed by atoms with Crippen molar-refractivity contribution in [3.05, 3.63) is 0 Å². The molecule has 22 heavy (non-hydrogen) atoms. The summed E-state index contributed by atoms with van der Waals surface area (Å²) in [6.07, 6.45) is 9.57. The van der Waals surface area contributed by atoms with Gasteiger partial charge in [0.2, 0.25) is 0 Å². The van der Waals surface area contributed by atoms with Crippen molar-refractivity contribution >= 4 is 29.9 Å². The lowest BCUT2D eigenvalue weighted by Crippen LogP contribution is -2.41. The molecule has 1 aliphatic heterocycles. The van der Waals surface area contributed by atoms with Gasteiger partial charge in [0.05, 0.1) is 6.61 Å². The van der Waals surface area contributed by atoms with E-state index in [0.717, 1.165) is 44.7 Å². The fourth-order valence-corrected chi connectivity index (χ4v) is 3.50. The Bertz CT molecular complexity index is 313. The van der Waals surface area contributed by atoms with Crippen LogP contribution in [0.1, 0.15) is 51.9 Å². The number of ether oxygens (including phenoxy) is 1. The Kier molecular flexibility index (Phi) is 10.4. The van der Waals surface area contributed by atoms with Crippen LogP contribution in [0.3, 0.4) is 0 Å². The number of nitrogens with zero attached hydrogens (tertiary/aromatic N) is 2. The highest BCUT2D eigenvalue weighted by Crippen LogP contribution is 2.26. The Morgan fingerprint density at radius 2 is 1.95 bits per heavy atom. The summed E-state index contributed by atoms with van der Waals surface area (Å²) < 4.78 is 5.47. The van der Waals surface area contributed by atoms with Gasteiger partial charge in [0.25, 0.3) is 0 Å². The van der Waals surface area contributed by atoms with E-state index in [2.05, 4.69) is 24.2 Å². The van der Waals surface area contributed by atoms with Gasteiger partial charge in [-0.3, -0.25) is 4.99 Å². The van der Waals surface area contributed by atoms with Gasteiger partial charge in [0.1, 0.15) is 0 Å². The summed E-state index contributed by atoms with van der Waals surface area (Å²) in [6.45, 7) is 6.93. The predicted octanol–water partition coefficient (Wildman–Crippen LogP) is 3.51. The quantitative estimate of drug-likeness (QED) is 0.404. The van der Waals surface area contributed by atoms with Gasteiger partial charge in [0, 0.05) is 39.2 Å². The van der Waals surface area contributed by atoms with E-state index in [1.54, 1.807) is 0 Å². The number of rotatable bonds is 6. The molecule has 1 saturated carbocycles. The van der Waals surface area contributed by atoms with Crippen molar-refractivity contribution in [1.82, 2.24) is 10.2 Å². The first-order chi connectivity index (χ1) is 10.3. The van der Waals surface area contributed by atoms with E-state index in [1.807, 2.05) is 0 Å². The SMILES string of the molecule is CCNC(=NCCC1CCCCC1)N(C)CC1CCOC1.I. The Morgan fingerprint density at radius 1 is 1.18 bits per heavy atom. The number of guanidine groups is 1. The van der Waals surface area contributed by atoms with E-state index in [4.69, 9.17) is 9.73 Å². The monoisotopic (exact) mass is 423 g/mol. The van der Waals surface area contributed by atoms with Crippen LogP contribution in [0.25, 0.3) is 0 Å². The van der Waals surface area contributed by atoms with E-state index >= 15 is 0 Å². The molecule has 0 bridgehead atoms. The van der Waals surface area contributed by atoms with Crippen molar-refractivity contribution in [3.8, 4) is 0 Å². The van der Waals surface area contributed by atoms with Crippen molar-refractivity contribution in [2.45, 2.75) is 51.9 Å². The third-order valence-corrected chi connectivity index (χ3v) is 4.78. The predicted molar refractivity (Wildman–Crippen MR) is 104 cm³/mol. The van der Waals surface area contributed by atoms with Crippen molar-refractivity contribution < 1.29 is 4.74 Å². The van der Waals surface area contributed by atoms with Gasteiger partial charge in [-0.1, -0.05) is 32.1 Å². The normalized spacial score (nSPS) is 23.2. The van der Waals surface area contributed by atoms with Crippen LogP contribution in [-0.4, -0.2) is 50.8 Å². The van der Waals surface area contributed by atoms with Crippen LogP contribution < -0.4 is 5.32 Å². The van der Waals surface area contributed by atoms with Crippen LogP contribution in [0.15, 0.2) is 4.99 Å². The molecule has 1 aliphatic carbocycles. The average molecular weight is 423 g/mol. The van der Waals surface area contributed by atoms with Gasteiger partial charge >= 0.3 is 0 Å². The van der Waals surface area contributed by atoms with Crippen molar-refractivity contribution in [3.63, 3.8) is 0 Å². The van der Waals surface area contributed by atoms with Gasteiger partial charge in [-0.25, -0.2) is 0 Å². The zero-order valence-corrected chi connectivity index (χ0v) is 16.7. The van der Waals surface area contributed by atoms with Gasteiger partial charge in [-0.15, -0.1) is 24.0 Å². The Morgan fingerprint density at radius 3 is 2.59 bits per heavy atom. The van der Waals surface area contributed by atoms with E-state index in [0.29, 0.717) is 5.92 Å². The fraction of sp³-hybridized carbons (Fsp3) is 0.941. The minimum Gasteiger partial charge on any atom is -0.381 e. The first-order valence-electron chi connectivity index (χ1n) is 8.86. The topological polar surface area (TPSA) is 36.9 Å². The molecular formula is C17H34IN3O. The third kappa shape index (κ3) is 7.02. The maximum atomic E-state index is 5.47. The molecule has 1 unspecified atom stereocenters. The highest BCUT2D eigenvalue weighted by atomic mass is 127. The zero-order valence-electron chi connectivity index (χ0n) is 14.4. The molecule has 2 fully saturated rings. The minimum atomic E-state index is 0. The lowest BCUT2D eigenvalue weighted by atomic mass is 9.87. The van der Waals surface area contributed by atoms with Crippen LogP contribution in [0.4, 0.5) is 0 Å². The standard InChI is InChI=1S/C17H33N3O.HI/c1-3-18-17(20(2)13-16-10-12-21-14-16)19-11-9-15-7-5-4-6-8-15;/h15-16H,3-14H2,1-2H3,(H,18,19);1H. The summed E-state index contributed by atoms with van der Waals surface area (Å²) in [7, 11) is 2.15. The average Bonchev–Trinajstić information content (AvgIpc) is 3.00. The summed E-state index contributed by atoms with van der Waals surface area (Å²) in [5.41, 5.74) is 0. The lowest BCUT2D eigenvalue weighted by Gasteiger charge is -2.25. The number of halogens is 1. The summed E-state index contributed by atoms with van der Waals surface area (Å²) in [4.78, 5) is 7.12. The summed E-state index contributed by atoms with van der Waals surface area (Å²) in [6, 6.07) is 0. The number of hydrogen-bond acceptors (Lipinski definition) is 2. The molecule has 1 N–H and O–H groups in total. The highest BCUT2D eigenvalue weighted by molar-refractivity contribution is 14.0. The Labute approximate surface area is 153 Å². The zero-order chi connectivity index (χ0) is 14.9. The molecule has 0 amide bonds. The molecule has 0 aromatic carbocycles. The molecule has 0 aromatic rings. The number of hydrogen-bond donors (Lipinski definition) is 1. The second-order valence-corrected chi connectivity index (χ2v) is 6.64. The van der Waals surface area contributed by atoms with Crippen LogP contribution in [0.2, 0.25) is 0 Å². The Hall–Kier alpha value is -0.0400. The van der Waals surface area contributed by atoms with E-state index in [1.165, 1.54) is 44.9 Å². The lowest BCUT2D eigenvalue weighted by molar-refractivity contribution is 0.181. The van der Waals surface area contributed by atoms with Gasteiger partial charge < -0.3 is 15.0 Å². The summed E-state index contributed by atoms with van der Waals surface area (Å²) in [5.74, 6) is 2.65. The molecule has 4 nitrogen and oxygen atoms in total. The van der Waals surface area contributed by atoms with Gasteiger partial charge in [-0.05, 0) is 25.7 Å². The van der Waals surface area contributed by atoms with E-state index < -0.39 is 0 Å². The molecule has 1 saturated heterocycles. The summed E-state index contributed by atoms with van der Waals surface area (Å²) in [5, 5.41) is 3.43. The number of aliphatic imine (C=N–C) groups is 1. The minimum absolute atomic E-state index is 0. The van der Waals surface area contributed by atoms with Gasteiger partial charge in [0.15, 0.2) is 5.96 Å². The Balaban J connectivity index is 0.00000242. The van der Waals surface area contributed by atoms with Crippen LogP contribution >= 0.6 is 24.0 Å². The molecule has 1 heterocycles. The molecule has 130 valence electrons. The molecule has 0 radical (unpaired) electrons. The maximum absolute atomic E-state index is 5.47. The second-order valence-electron chi connectivity index (χ2n) is 6.64. The molecule has 0 spiro atoms. The van der Waals surface area contributed by atoms with Crippen LogP contribution in [0, 0.1) is 11.8 Å². The second kappa shape index (κ2) is 11.5.